The van der Waals surface area contributed by atoms with Crippen molar-refractivity contribution in [3.8, 4) is 0 Å². The monoisotopic (exact) mass is 496 g/mol. The van der Waals surface area contributed by atoms with Crippen molar-refractivity contribution in [1.82, 2.24) is 0 Å². The number of ether oxygens (including phenoxy) is 5. The molecule has 0 aromatic carbocycles. The van der Waals surface area contributed by atoms with E-state index >= 15 is 0 Å². The fourth-order valence-corrected chi connectivity index (χ4v) is 4.28. The van der Waals surface area contributed by atoms with Gasteiger partial charge in [0, 0.05) is 37.7 Å². The first-order valence-corrected chi connectivity index (χ1v) is 12.9. The quantitative estimate of drug-likeness (QED) is 0.325. The highest BCUT2D eigenvalue weighted by Crippen LogP contribution is 2.35. The van der Waals surface area contributed by atoms with Gasteiger partial charge < -0.3 is 23.7 Å². The molecule has 0 saturated carbocycles. The van der Waals surface area contributed by atoms with Crippen molar-refractivity contribution < 1.29 is 38.1 Å². The number of carbonyl (C=O) groups is 3. The third-order valence-electron chi connectivity index (χ3n) is 6.53. The van der Waals surface area contributed by atoms with E-state index in [9.17, 15) is 14.4 Å². The molecule has 8 nitrogen and oxygen atoms in total. The molecule has 0 bridgehead atoms. The molecule has 2 aliphatic heterocycles. The van der Waals surface area contributed by atoms with E-state index in [-0.39, 0.29) is 54.5 Å². The molecule has 7 atom stereocenters. The molecule has 0 radical (unpaired) electrons. The van der Waals surface area contributed by atoms with E-state index in [1.165, 1.54) is 6.08 Å². The number of esters is 2. The third-order valence-corrected chi connectivity index (χ3v) is 6.53. The highest BCUT2D eigenvalue weighted by molar-refractivity contribution is 5.83. The highest BCUT2D eigenvalue weighted by Gasteiger charge is 2.39. The number of carbonyl (C=O) groups excluding carboxylic acids is 3. The van der Waals surface area contributed by atoms with Gasteiger partial charge in [-0.1, -0.05) is 19.9 Å². The van der Waals surface area contributed by atoms with Crippen LogP contribution in [0.25, 0.3) is 0 Å². The predicted octanol–water partition coefficient (Wildman–Crippen LogP) is 4.38. The largest absolute Gasteiger partial charge is 0.465 e. The van der Waals surface area contributed by atoms with Gasteiger partial charge in [0.25, 0.3) is 0 Å². The van der Waals surface area contributed by atoms with Crippen LogP contribution in [-0.4, -0.2) is 61.6 Å². The molecule has 2 rings (SSSR count). The summed E-state index contributed by atoms with van der Waals surface area (Å²) < 4.78 is 29.0. The van der Waals surface area contributed by atoms with Crippen LogP contribution in [0.2, 0.25) is 0 Å². The van der Waals surface area contributed by atoms with Gasteiger partial charge in [-0.15, -0.1) is 0 Å². The zero-order chi connectivity index (χ0) is 26.2. The molecule has 0 spiro atoms. The van der Waals surface area contributed by atoms with Crippen LogP contribution >= 0.6 is 0 Å². The first-order valence-electron chi connectivity index (χ1n) is 12.9. The molecule has 35 heavy (non-hydrogen) atoms. The summed E-state index contributed by atoms with van der Waals surface area (Å²) in [5.74, 6) is -0.316. The van der Waals surface area contributed by atoms with Gasteiger partial charge in [0.05, 0.1) is 36.9 Å². The Morgan fingerprint density at radius 1 is 1.17 bits per heavy atom. The van der Waals surface area contributed by atoms with Gasteiger partial charge in [-0.25, -0.2) is 4.79 Å². The molecular weight excluding hydrogens is 452 g/mol. The average Bonchev–Trinajstić information content (AvgIpc) is 2.77. The number of rotatable bonds is 10. The Kier molecular flexibility index (Phi) is 11.4. The van der Waals surface area contributed by atoms with Gasteiger partial charge in [0.2, 0.25) is 0 Å². The van der Waals surface area contributed by atoms with Crippen molar-refractivity contribution in [2.45, 2.75) is 111 Å². The van der Waals surface area contributed by atoms with Crippen LogP contribution in [0, 0.1) is 17.3 Å². The zero-order valence-corrected chi connectivity index (χ0v) is 22.4. The number of Topliss-reactive ketones (excluding diaryl/α,β-unsaturated/α-hetero) is 1. The standard InChI is InChI=1S/C27H44O8/c1-8-31-24(29)11-9-17(2)15-22-18(3)23(35-25-12-10-21(28)19(4)33-25)16-20(34-22)13-14-32-26(30)27(5,6)7/h9,11,17-20,22-23,25H,8,10,12-16H2,1-7H3/b11-9+/t17-,18+,19-,20-,22+,23+,25-/m0/s1. The second-order valence-corrected chi connectivity index (χ2v) is 10.8. The molecule has 2 aliphatic rings. The molecule has 0 aromatic heterocycles. The van der Waals surface area contributed by atoms with Crippen molar-refractivity contribution in [3.63, 3.8) is 0 Å². The summed E-state index contributed by atoms with van der Waals surface area (Å²) >= 11 is 0. The van der Waals surface area contributed by atoms with Gasteiger partial charge in [-0.3, -0.25) is 9.59 Å². The summed E-state index contributed by atoms with van der Waals surface area (Å²) in [6.07, 6.45) is 4.98. The molecule has 0 aromatic rings. The summed E-state index contributed by atoms with van der Waals surface area (Å²) in [5, 5.41) is 0. The van der Waals surface area contributed by atoms with E-state index in [1.54, 1.807) is 13.8 Å². The molecule has 2 saturated heterocycles. The Hall–Kier alpha value is -1.77. The van der Waals surface area contributed by atoms with Crippen molar-refractivity contribution >= 4 is 17.7 Å². The maximum atomic E-state index is 12.1. The minimum absolute atomic E-state index is 0.0818. The Morgan fingerprint density at radius 2 is 1.89 bits per heavy atom. The maximum Gasteiger partial charge on any atom is 0.330 e. The Labute approximate surface area is 210 Å². The molecule has 200 valence electrons. The van der Waals surface area contributed by atoms with E-state index in [4.69, 9.17) is 23.7 Å². The molecule has 0 N–H and O–H groups in total. The Bertz CT molecular complexity index is 740. The number of ketones is 1. The van der Waals surface area contributed by atoms with Crippen molar-refractivity contribution in [2.75, 3.05) is 13.2 Å². The van der Waals surface area contributed by atoms with E-state index < -0.39 is 17.8 Å². The van der Waals surface area contributed by atoms with Crippen molar-refractivity contribution in [3.05, 3.63) is 12.2 Å². The van der Waals surface area contributed by atoms with Gasteiger partial charge in [-0.05, 0) is 47.0 Å². The highest BCUT2D eigenvalue weighted by atomic mass is 16.7. The molecule has 8 heteroatoms. The molecule has 0 aliphatic carbocycles. The topological polar surface area (TPSA) is 97.4 Å². The molecule has 0 amide bonds. The first kappa shape index (κ1) is 29.5. The predicted molar refractivity (Wildman–Crippen MR) is 130 cm³/mol. The van der Waals surface area contributed by atoms with Gasteiger partial charge in [0.1, 0.15) is 6.10 Å². The summed E-state index contributed by atoms with van der Waals surface area (Å²) in [6.45, 7) is 13.8. The average molecular weight is 497 g/mol. The van der Waals surface area contributed by atoms with Crippen LogP contribution in [-0.2, 0) is 38.1 Å². The fourth-order valence-electron chi connectivity index (χ4n) is 4.28. The van der Waals surface area contributed by atoms with Crippen LogP contribution in [0.5, 0.6) is 0 Å². The number of hydrogen-bond acceptors (Lipinski definition) is 8. The molecular formula is C27H44O8. The van der Waals surface area contributed by atoms with Crippen molar-refractivity contribution in [1.29, 1.82) is 0 Å². The summed E-state index contributed by atoms with van der Waals surface area (Å²) in [7, 11) is 0. The lowest BCUT2D eigenvalue weighted by molar-refractivity contribution is -0.244. The molecule has 0 unspecified atom stereocenters. The van der Waals surface area contributed by atoms with Crippen LogP contribution < -0.4 is 0 Å². The minimum atomic E-state index is -0.552. The van der Waals surface area contributed by atoms with Crippen LogP contribution in [0.1, 0.15) is 80.6 Å². The van der Waals surface area contributed by atoms with Crippen LogP contribution in [0.3, 0.4) is 0 Å². The third kappa shape index (κ3) is 9.66. The van der Waals surface area contributed by atoms with E-state index in [0.29, 0.717) is 38.7 Å². The van der Waals surface area contributed by atoms with E-state index in [2.05, 4.69) is 6.92 Å². The van der Waals surface area contributed by atoms with Crippen molar-refractivity contribution in [2.24, 2.45) is 17.3 Å². The lowest BCUT2D eigenvalue weighted by Gasteiger charge is -2.43. The second kappa shape index (κ2) is 13.5. The molecule has 2 fully saturated rings. The van der Waals surface area contributed by atoms with Crippen LogP contribution in [0.15, 0.2) is 12.2 Å². The molecule has 2 heterocycles. The van der Waals surface area contributed by atoms with E-state index in [1.807, 2.05) is 33.8 Å². The lowest BCUT2D eigenvalue weighted by Crippen LogP contribution is -2.47. The smallest absolute Gasteiger partial charge is 0.330 e. The van der Waals surface area contributed by atoms with Gasteiger partial charge >= 0.3 is 11.9 Å². The Morgan fingerprint density at radius 3 is 2.51 bits per heavy atom. The zero-order valence-electron chi connectivity index (χ0n) is 22.4. The lowest BCUT2D eigenvalue weighted by atomic mass is 9.85. The van der Waals surface area contributed by atoms with Crippen LogP contribution in [0.4, 0.5) is 0 Å². The number of hydrogen-bond donors (Lipinski definition) is 0. The maximum absolute atomic E-state index is 12.1. The normalized spacial score (nSPS) is 30.8. The minimum Gasteiger partial charge on any atom is -0.465 e. The summed E-state index contributed by atoms with van der Waals surface area (Å²) in [4.78, 5) is 35.7. The fraction of sp³-hybridized carbons (Fsp3) is 0.815. The van der Waals surface area contributed by atoms with E-state index in [0.717, 1.165) is 0 Å². The van der Waals surface area contributed by atoms with Gasteiger partial charge in [-0.2, -0.15) is 0 Å². The first-order chi connectivity index (χ1) is 16.4. The summed E-state index contributed by atoms with van der Waals surface area (Å²) in [5.41, 5.74) is -0.552. The summed E-state index contributed by atoms with van der Waals surface area (Å²) in [6, 6.07) is 0. The SMILES string of the molecule is CCOC(=O)/C=C/[C@H](C)C[C@H]1O[C@@H](CCOC(=O)C(C)(C)C)C[C@@H](O[C@H]2CCC(=O)[C@H](C)O2)[C@@H]1C. The number of allylic oxidation sites excluding steroid dienone is 1. The Balaban J connectivity index is 2.03. The van der Waals surface area contributed by atoms with Gasteiger partial charge in [0.15, 0.2) is 12.1 Å². The second-order valence-electron chi connectivity index (χ2n) is 10.8.